The highest BCUT2D eigenvalue weighted by Crippen LogP contribution is 2.30. The van der Waals surface area contributed by atoms with Crippen LogP contribution in [0.25, 0.3) is 10.9 Å². The van der Waals surface area contributed by atoms with Crippen molar-refractivity contribution in [3.8, 4) is 0 Å². The van der Waals surface area contributed by atoms with Crippen molar-refractivity contribution in [2.24, 2.45) is 0 Å². The van der Waals surface area contributed by atoms with Crippen molar-refractivity contribution in [2.45, 2.75) is 0 Å². The Morgan fingerprint density at radius 1 is 1.60 bits per heavy atom. The van der Waals surface area contributed by atoms with Gasteiger partial charge in [-0.2, -0.15) is 9.78 Å². The van der Waals surface area contributed by atoms with Gasteiger partial charge in [-0.25, -0.2) is 4.79 Å². The van der Waals surface area contributed by atoms with E-state index in [0.717, 1.165) is 10.1 Å². The zero-order valence-corrected chi connectivity index (χ0v) is 11.5. The molecule has 7 heteroatoms. The molecule has 0 saturated heterocycles. The highest BCUT2D eigenvalue weighted by atomic mass is 127. The number of carbonyl (C=O) groups is 1. The SMILES string of the molecule is O=C(O)n1nc(I)c2cc(Cl)c(Br)cc21. The lowest BCUT2D eigenvalue weighted by Gasteiger charge is -1.98. The van der Waals surface area contributed by atoms with Crippen LogP contribution in [-0.2, 0) is 0 Å². The number of benzene rings is 1. The summed E-state index contributed by atoms with van der Waals surface area (Å²) in [5.74, 6) is 0. The van der Waals surface area contributed by atoms with E-state index < -0.39 is 6.09 Å². The van der Waals surface area contributed by atoms with Gasteiger partial charge in [-0.15, -0.1) is 0 Å². The van der Waals surface area contributed by atoms with Crippen molar-refractivity contribution < 1.29 is 9.90 Å². The van der Waals surface area contributed by atoms with E-state index in [2.05, 4.69) is 21.0 Å². The molecule has 0 radical (unpaired) electrons. The molecule has 2 rings (SSSR count). The first-order chi connectivity index (χ1) is 7.00. The van der Waals surface area contributed by atoms with Crippen molar-refractivity contribution in [2.75, 3.05) is 0 Å². The first kappa shape index (κ1) is 11.2. The van der Waals surface area contributed by atoms with E-state index >= 15 is 0 Å². The lowest BCUT2D eigenvalue weighted by molar-refractivity contribution is 0.194. The smallest absolute Gasteiger partial charge is 0.432 e. The van der Waals surface area contributed by atoms with Crippen LogP contribution in [0.4, 0.5) is 4.79 Å². The number of fused-ring (bicyclic) bond motifs is 1. The largest absolute Gasteiger partial charge is 0.463 e. The summed E-state index contributed by atoms with van der Waals surface area (Å²) in [5, 5.41) is 14.1. The summed E-state index contributed by atoms with van der Waals surface area (Å²) in [4.78, 5) is 10.9. The third-order valence-corrected chi connectivity index (χ3v) is 3.85. The van der Waals surface area contributed by atoms with Gasteiger partial charge in [0.2, 0.25) is 0 Å². The fourth-order valence-electron chi connectivity index (χ4n) is 1.22. The van der Waals surface area contributed by atoms with E-state index in [-0.39, 0.29) is 0 Å². The van der Waals surface area contributed by atoms with Gasteiger partial charge in [-0.05, 0) is 50.7 Å². The molecule has 0 fully saturated rings. The summed E-state index contributed by atoms with van der Waals surface area (Å²) >= 11 is 11.1. The number of carboxylic acid groups (broad SMARTS) is 1. The third kappa shape index (κ3) is 1.85. The fraction of sp³-hybridized carbons (Fsp3) is 0. The van der Waals surface area contributed by atoms with Crippen LogP contribution in [0.2, 0.25) is 5.02 Å². The molecule has 0 aliphatic rings. The molecule has 0 aliphatic carbocycles. The third-order valence-electron chi connectivity index (χ3n) is 1.86. The monoisotopic (exact) mass is 400 g/mol. The minimum absolute atomic E-state index is 0.517. The minimum Gasteiger partial charge on any atom is -0.463 e. The van der Waals surface area contributed by atoms with Crippen LogP contribution in [0.3, 0.4) is 0 Å². The van der Waals surface area contributed by atoms with Gasteiger partial charge in [0.1, 0.15) is 3.70 Å². The lowest BCUT2D eigenvalue weighted by Crippen LogP contribution is -2.09. The van der Waals surface area contributed by atoms with Crippen LogP contribution in [0.1, 0.15) is 0 Å². The normalized spacial score (nSPS) is 10.9. The van der Waals surface area contributed by atoms with Crippen molar-refractivity contribution in [3.05, 3.63) is 25.3 Å². The second kappa shape index (κ2) is 3.91. The number of aromatic nitrogens is 2. The van der Waals surface area contributed by atoms with Crippen molar-refractivity contribution in [1.29, 1.82) is 0 Å². The second-order valence-corrected chi connectivity index (χ2v) is 5.05. The van der Waals surface area contributed by atoms with Gasteiger partial charge in [0, 0.05) is 9.86 Å². The first-order valence-electron chi connectivity index (χ1n) is 3.77. The van der Waals surface area contributed by atoms with Gasteiger partial charge in [0.25, 0.3) is 0 Å². The Morgan fingerprint density at radius 2 is 2.27 bits per heavy atom. The van der Waals surface area contributed by atoms with Crippen molar-refractivity contribution >= 4 is 67.1 Å². The Balaban J connectivity index is 2.88. The van der Waals surface area contributed by atoms with Crippen LogP contribution >= 0.6 is 50.1 Å². The van der Waals surface area contributed by atoms with Crippen molar-refractivity contribution in [3.63, 3.8) is 0 Å². The molecule has 0 spiro atoms. The molecular weight excluding hydrogens is 398 g/mol. The number of hydrogen-bond acceptors (Lipinski definition) is 2. The van der Waals surface area contributed by atoms with E-state index in [1.165, 1.54) is 0 Å². The Morgan fingerprint density at radius 3 is 2.87 bits per heavy atom. The predicted octanol–water partition coefficient (Wildman–Crippen LogP) is 3.58. The average Bonchev–Trinajstić information content (AvgIpc) is 2.45. The summed E-state index contributed by atoms with van der Waals surface area (Å²) < 4.78 is 2.19. The highest BCUT2D eigenvalue weighted by molar-refractivity contribution is 14.1. The second-order valence-electron chi connectivity index (χ2n) is 2.77. The molecule has 1 aromatic heterocycles. The zero-order valence-electron chi connectivity index (χ0n) is 7.04. The molecule has 15 heavy (non-hydrogen) atoms. The van der Waals surface area contributed by atoms with Gasteiger partial charge in [0.15, 0.2) is 0 Å². The Hall–Kier alpha value is -0.340. The van der Waals surface area contributed by atoms with Crippen LogP contribution in [0.15, 0.2) is 16.6 Å². The topological polar surface area (TPSA) is 55.1 Å². The van der Waals surface area contributed by atoms with Gasteiger partial charge in [-0.1, -0.05) is 11.6 Å². The Bertz CT molecular complexity index is 569. The van der Waals surface area contributed by atoms with E-state index in [1.54, 1.807) is 12.1 Å². The fourth-order valence-corrected chi connectivity index (χ4v) is 2.36. The van der Waals surface area contributed by atoms with E-state index in [1.807, 2.05) is 22.6 Å². The highest BCUT2D eigenvalue weighted by Gasteiger charge is 2.14. The first-order valence-corrected chi connectivity index (χ1v) is 6.02. The summed E-state index contributed by atoms with van der Waals surface area (Å²) in [7, 11) is 0. The molecule has 1 N–H and O–H groups in total. The van der Waals surface area contributed by atoms with Gasteiger partial charge >= 0.3 is 6.09 Å². The van der Waals surface area contributed by atoms with Crippen LogP contribution < -0.4 is 0 Å². The maximum atomic E-state index is 10.9. The number of nitrogens with zero attached hydrogens (tertiary/aromatic N) is 2. The van der Waals surface area contributed by atoms with Crippen molar-refractivity contribution in [1.82, 2.24) is 9.78 Å². The molecule has 4 nitrogen and oxygen atoms in total. The molecule has 0 aliphatic heterocycles. The van der Waals surface area contributed by atoms with E-state index in [9.17, 15) is 4.79 Å². The van der Waals surface area contributed by atoms with Gasteiger partial charge in [0.05, 0.1) is 10.5 Å². The number of halogens is 3. The molecule has 2 aromatic rings. The maximum Gasteiger partial charge on any atom is 0.432 e. The van der Waals surface area contributed by atoms with E-state index in [4.69, 9.17) is 16.7 Å². The summed E-state index contributed by atoms with van der Waals surface area (Å²) in [6.07, 6.45) is -1.11. The molecule has 0 amide bonds. The molecule has 1 heterocycles. The molecule has 0 bridgehead atoms. The van der Waals surface area contributed by atoms with Crippen LogP contribution in [-0.4, -0.2) is 21.0 Å². The maximum absolute atomic E-state index is 10.9. The Labute approximate surface area is 111 Å². The zero-order chi connectivity index (χ0) is 11.2. The quantitative estimate of drug-likeness (QED) is 0.687. The Kier molecular flexibility index (Phi) is 2.91. The number of hydrogen-bond donors (Lipinski definition) is 1. The summed E-state index contributed by atoms with van der Waals surface area (Å²) in [5.41, 5.74) is 0.517. The molecule has 0 atom stereocenters. The molecule has 1 aromatic carbocycles. The molecular formula is C8H3BrClIN2O2. The average molecular weight is 401 g/mol. The van der Waals surface area contributed by atoms with Crippen LogP contribution in [0, 0.1) is 3.70 Å². The van der Waals surface area contributed by atoms with E-state index in [0.29, 0.717) is 18.7 Å². The lowest BCUT2D eigenvalue weighted by atomic mass is 10.2. The molecule has 78 valence electrons. The summed E-state index contributed by atoms with van der Waals surface area (Å²) in [6, 6.07) is 3.33. The van der Waals surface area contributed by atoms with Gasteiger partial charge in [-0.3, -0.25) is 0 Å². The van der Waals surface area contributed by atoms with Crippen LogP contribution in [0.5, 0.6) is 0 Å². The minimum atomic E-state index is -1.11. The number of rotatable bonds is 0. The summed E-state index contributed by atoms with van der Waals surface area (Å²) in [6.45, 7) is 0. The predicted molar refractivity (Wildman–Crippen MR) is 68.6 cm³/mol. The molecule has 0 saturated carbocycles. The van der Waals surface area contributed by atoms with Gasteiger partial charge < -0.3 is 5.11 Å². The standard InChI is InChI=1S/C8H3BrClIN2O2/c9-4-2-6-3(1-5(4)10)7(11)12-13(6)8(14)15/h1-2H,(H,14,15). The molecule has 0 unspecified atom stereocenters.